The van der Waals surface area contributed by atoms with Crippen LogP contribution in [0.2, 0.25) is 0 Å². The Bertz CT molecular complexity index is 352. The van der Waals surface area contributed by atoms with Crippen molar-refractivity contribution in [3.05, 3.63) is 35.4 Å². The SMILES string of the molecule is CNC(CSC)Cc1cccc(C(F)(F)F)c1. The fraction of sp³-hybridized carbons (Fsp3) is 0.500. The largest absolute Gasteiger partial charge is 0.416 e. The van der Waals surface area contributed by atoms with Gasteiger partial charge in [0.25, 0.3) is 0 Å². The average molecular weight is 263 g/mol. The van der Waals surface area contributed by atoms with Crippen molar-refractivity contribution in [2.24, 2.45) is 0 Å². The molecule has 1 rings (SSSR count). The van der Waals surface area contributed by atoms with Gasteiger partial charge in [0.2, 0.25) is 0 Å². The molecule has 96 valence electrons. The third-order valence-corrected chi connectivity index (χ3v) is 3.25. The van der Waals surface area contributed by atoms with Crippen LogP contribution >= 0.6 is 11.8 Å². The third kappa shape index (κ3) is 4.60. The molecule has 1 atom stereocenters. The number of rotatable bonds is 5. The summed E-state index contributed by atoms with van der Waals surface area (Å²) < 4.78 is 37.5. The van der Waals surface area contributed by atoms with Gasteiger partial charge in [-0.05, 0) is 31.4 Å². The number of alkyl halides is 3. The van der Waals surface area contributed by atoms with Crippen molar-refractivity contribution >= 4 is 11.8 Å². The minimum atomic E-state index is -4.26. The Morgan fingerprint density at radius 3 is 2.59 bits per heavy atom. The van der Waals surface area contributed by atoms with Crippen LogP contribution in [0.4, 0.5) is 13.2 Å². The lowest BCUT2D eigenvalue weighted by atomic mass is 10.0. The molecule has 17 heavy (non-hydrogen) atoms. The van der Waals surface area contributed by atoms with Crippen molar-refractivity contribution in [3.63, 3.8) is 0 Å². The number of thioether (sulfide) groups is 1. The van der Waals surface area contributed by atoms with Gasteiger partial charge in [0.15, 0.2) is 0 Å². The van der Waals surface area contributed by atoms with Gasteiger partial charge in [0.1, 0.15) is 0 Å². The standard InChI is InChI=1S/C12H16F3NS/c1-16-11(8-17-2)7-9-4-3-5-10(6-9)12(13,14)15/h3-6,11,16H,7-8H2,1-2H3. The van der Waals surface area contributed by atoms with E-state index in [-0.39, 0.29) is 6.04 Å². The molecule has 0 bridgehead atoms. The topological polar surface area (TPSA) is 12.0 Å². The Kier molecular flexibility index (Phi) is 5.33. The van der Waals surface area contributed by atoms with Gasteiger partial charge in [-0.1, -0.05) is 18.2 Å². The Morgan fingerprint density at radius 2 is 2.06 bits per heavy atom. The van der Waals surface area contributed by atoms with E-state index < -0.39 is 11.7 Å². The Hall–Kier alpha value is -0.680. The Morgan fingerprint density at radius 1 is 1.35 bits per heavy atom. The van der Waals surface area contributed by atoms with Crippen LogP contribution in [-0.2, 0) is 12.6 Å². The fourth-order valence-corrected chi connectivity index (χ4v) is 2.29. The maximum atomic E-state index is 12.5. The second-order valence-electron chi connectivity index (χ2n) is 3.84. The summed E-state index contributed by atoms with van der Waals surface area (Å²) in [5.74, 6) is 0.882. The van der Waals surface area contributed by atoms with Crippen molar-refractivity contribution in [1.29, 1.82) is 0 Å². The molecule has 0 aromatic heterocycles. The molecule has 0 aliphatic rings. The van der Waals surface area contributed by atoms with E-state index in [9.17, 15) is 13.2 Å². The van der Waals surface area contributed by atoms with Crippen molar-refractivity contribution < 1.29 is 13.2 Å². The average Bonchev–Trinajstić information content (AvgIpc) is 2.28. The van der Waals surface area contributed by atoms with E-state index in [1.807, 2.05) is 13.3 Å². The summed E-state index contributed by atoms with van der Waals surface area (Å²) in [5, 5.41) is 3.11. The monoisotopic (exact) mass is 263 g/mol. The van der Waals surface area contributed by atoms with E-state index in [2.05, 4.69) is 5.32 Å². The van der Waals surface area contributed by atoms with Crippen LogP contribution in [0.3, 0.4) is 0 Å². The molecule has 1 nitrogen and oxygen atoms in total. The maximum absolute atomic E-state index is 12.5. The van der Waals surface area contributed by atoms with E-state index in [0.29, 0.717) is 12.0 Å². The normalized spacial score (nSPS) is 13.7. The number of hydrogen-bond acceptors (Lipinski definition) is 2. The zero-order chi connectivity index (χ0) is 12.9. The summed E-state index contributed by atoms with van der Waals surface area (Å²) in [4.78, 5) is 0. The first-order chi connectivity index (χ1) is 7.97. The smallest absolute Gasteiger partial charge is 0.316 e. The Labute approximate surface area is 104 Å². The number of halogens is 3. The molecule has 0 spiro atoms. The molecule has 0 fully saturated rings. The molecule has 5 heteroatoms. The highest BCUT2D eigenvalue weighted by Crippen LogP contribution is 2.29. The van der Waals surface area contributed by atoms with Gasteiger partial charge in [-0.2, -0.15) is 24.9 Å². The molecule has 0 aliphatic carbocycles. The van der Waals surface area contributed by atoms with Gasteiger partial charge < -0.3 is 5.32 Å². The van der Waals surface area contributed by atoms with Gasteiger partial charge in [-0.3, -0.25) is 0 Å². The van der Waals surface area contributed by atoms with Gasteiger partial charge in [0, 0.05) is 11.8 Å². The van der Waals surface area contributed by atoms with E-state index in [1.54, 1.807) is 17.8 Å². The highest BCUT2D eigenvalue weighted by Gasteiger charge is 2.30. The molecule has 0 radical (unpaired) electrons. The van der Waals surface area contributed by atoms with Crippen LogP contribution in [0.1, 0.15) is 11.1 Å². The van der Waals surface area contributed by atoms with Gasteiger partial charge >= 0.3 is 6.18 Å². The predicted molar refractivity (Wildman–Crippen MR) is 66.4 cm³/mol. The zero-order valence-electron chi connectivity index (χ0n) is 9.84. The first kappa shape index (κ1) is 14.4. The minimum absolute atomic E-state index is 0.202. The van der Waals surface area contributed by atoms with E-state index in [0.717, 1.165) is 11.8 Å². The van der Waals surface area contributed by atoms with Crippen molar-refractivity contribution in [1.82, 2.24) is 5.32 Å². The number of hydrogen-bond donors (Lipinski definition) is 1. The third-order valence-electron chi connectivity index (χ3n) is 2.51. The molecule has 0 aliphatic heterocycles. The molecule has 0 saturated carbocycles. The Balaban J connectivity index is 2.78. The molecule has 0 heterocycles. The van der Waals surface area contributed by atoms with E-state index in [1.165, 1.54) is 12.1 Å². The lowest BCUT2D eigenvalue weighted by Crippen LogP contribution is -2.30. The summed E-state index contributed by atoms with van der Waals surface area (Å²) in [6.45, 7) is 0. The van der Waals surface area contributed by atoms with Crippen LogP contribution in [0, 0.1) is 0 Å². The molecular formula is C12H16F3NS. The molecular weight excluding hydrogens is 247 g/mol. The quantitative estimate of drug-likeness (QED) is 0.875. The number of benzene rings is 1. The van der Waals surface area contributed by atoms with Gasteiger partial charge in [-0.15, -0.1) is 0 Å². The molecule has 1 aromatic rings. The van der Waals surface area contributed by atoms with Crippen LogP contribution in [-0.4, -0.2) is 25.1 Å². The van der Waals surface area contributed by atoms with Crippen molar-refractivity contribution in [2.75, 3.05) is 19.1 Å². The second-order valence-corrected chi connectivity index (χ2v) is 4.75. The molecule has 0 amide bonds. The zero-order valence-corrected chi connectivity index (χ0v) is 10.7. The second kappa shape index (κ2) is 6.31. The summed E-state index contributed by atoms with van der Waals surface area (Å²) in [5.41, 5.74) is 0.141. The summed E-state index contributed by atoms with van der Waals surface area (Å²) >= 11 is 1.68. The van der Waals surface area contributed by atoms with Gasteiger partial charge in [-0.25, -0.2) is 0 Å². The highest BCUT2D eigenvalue weighted by molar-refractivity contribution is 7.98. The van der Waals surface area contributed by atoms with Crippen LogP contribution < -0.4 is 5.32 Å². The maximum Gasteiger partial charge on any atom is 0.416 e. The summed E-state index contributed by atoms with van der Waals surface area (Å²) in [7, 11) is 1.83. The van der Waals surface area contributed by atoms with Crippen LogP contribution in [0.25, 0.3) is 0 Å². The lowest BCUT2D eigenvalue weighted by molar-refractivity contribution is -0.137. The number of nitrogens with one attached hydrogen (secondary N) is 1. The fourth-order valence-electron chi connectivity index (χ4n) is 1.60. The number of likely N-dealkylation sites (N-methyl/N-ethyl adjacent to an activating group) is 1. The first-order valence-corrected chi connectivity index (χ1v) is 6.69. The summed E-state index contributed by atoms with van der Waals surface area (Å²) in [6.07, 6.45) is -1.66. The lowest BCUT2D eigenvalue weighted by Gasteiger charge is -2.16. The van der Waals surface area contributed by atoms with E-state index in [4.69, 9.17) is 0 Å². The molecule has 1 unspecified atom stereocenters. The summed E-state index contributed by atoms with van der Waals surface area (Å²) in [6, 6.07) is 5.73. The van der Waals surface area contributed by atoms with Crippen molar-refractivity contribution in [3.8, 4) is 0 Å². The highest BCUT2D eigenvalue weighted by atomic mass is 32.2. The van der Waals surface area contributed by atoms with Crippen LogP contribution in [0.15, 0.2) is 24.3 Å². The van der Waals surface area contributed by atoms with Gasteiger partial charge in [0.05, 0.1) is 5.56 Å². The van der Waals surface area contributed by atoms with Crippen molar-refractivity contribution in [2.45, 2.75) is 18.6 Å². The first-order valence-electron chi connectivity index (χ1n) is 5.29. The molecule has 1 N–H and O–H groups in total. The minimum Gasteiger partial charge on any atom is -0.316 e. The van der Waals surface area contributed by atoms with E-state index >= 15 is 0 Å². The molecule has 0 saturated heterocycles. The van der Waals surface area contributed by atoms with Crippen LogP contribution in [0.5, 0.6) is 0 Å². The molecule has 1 aromatic carbocycles. The predicted octanol–water partition coefficient (Wildman–Crippen LogP) is 3.20.